The zero-order valence-electron chi connectivity index (χ0n) is 10.1. The Kier molecular flexibility index (Phi) is 5.73. The third kappa shape index (κ3) is 4.08. The van der Waals surface area contributed by atoms with Gasteiger partial charge in [-0.05, 0) is 26.4 Å². The van der Waals surface area contributed by atoms with E-state index in [0.717, 1.165) is 32.6 Å². The van der Waals surface area contributed by atoms with Crippen molar-refractivity contribution in [1.29, 1.82) is 0 Å². The van der Waals surface area contributed by atoms with Crippen molar-refractivity contribution >= 4 is 5.97 Å². The molecule has 94 valence electrons. The van der Waals surface area contributed by atoms with Crippen LogP contribution in [-0.2, 0) is 9.53 Å². The van der Waals surface area contributed by atoms with Crippen molar-refractivity contribution in [3.8, 4) is 0 Å². The molecule has 1 rings (SSSR count). The Morgan fingerprint density at radius 1 is 1.69 bits per heavy atom. The molecular weight excluding hydrogens is 208 g/mol. The average Bonchev–Trinajstić information content (AvgIpc) is 2.76. The van der Waals surface area contributed by atoms with Gasteiger partial charge in [0.05, 0.1) is 6.61 Å². The number of hydrogen-bond donors (Lipinski definition) is 2. The predicted molar refractivity (Wildman–Crippen MR) is 61.6 cm³/mol. The number of hydrogen-bond acceptors (Lipinski definition) is 4. The van der Waals surface area contributed by atoms with Gasteiger partial charge in [-0.15, -0.1) is 0 Å². The van der Waals surface area contributed by atoms with E-state index in [9.17, 15) is 4.79 Å². The van der Waals surface area contributed by atoms with Gasteiger partial charge in [-0.1, -0.05) is 6.92 Å². The van der Waals surface area contributed by atoms with Gasteiger partial charge in [0.1, 0.15) is 6.04 Å². The molecule has 5 nitrogen and oxygen atoms in total. The maximum Gasteiger partial charge on any atom is 0.322 e. The Morgan fingerprint density at radius 3 is 2.94 bits per heavy atom. The Hall–Kier alpha value is -0.650. The fourth-order valence-electron chi connectivity index (χ4n) is 1.86. The van der Waals surface area contributed by atoms with Crippen LogP contribution in [0.3, 0.4) is 0 Å². The van der Waals surface area contributed by atoms with Gasteiger partial charge in [-0.3, -0.25) is 9.69 Å². The first-order valence-electron chi connectivity index (χ1n) is 5.89. The highest BCUT2D eigenvalue weighted by atomic mass is 16.5. The maximum atomic E-state index is 11.0. The predicted octanol–water partition coefficient (Wildman–Crippen LogP) is 0.160. The summed E-state index contributed by atoms with van der Waals surface area (Å²) in [7, 11) is 1.96. The maximum absolute atomic E-state index is 11.0. The molecule has 1 aliphatic rings. The quantitative estimate of drug-likeness (QED) is 0.652. The third-order valence-electron chi connectivity index (χ3n) is 2.94. The van der Waals surface area contributed by atoms with Gasteiger partial charge in [0, 0.05) is 19.2 Å². The van der Waals surface area contributed by atoms with E-state index in [-0.39, 0.29) is 0 Å². The van der Waals surface area contributed by atoms with Crippen LogP contribution in [-0.4, -0.2) is 61.4 Å². The molecule has 0 spiro atoms. The third-order valence-corrected chi connectivity index (χ3v) is 2.94. The first kappa shape index (κ1) is 13.4. The molecule has 2 unspecified atom stereocenters. The summed E-state index contributed by atoms with van der Waals surface area (Å²) in [6.45, 7) is 4.81. The Balaban J connectivity index is 2.37. The number of carbonyl (C=O) groups is 1. The van der Waals surface area contributed by atoms with Crippen molar-refractivity contribution in [3.63, 3.8) is 0 Å². The van der Waals surface area contributed by atoms with Gasteiger partial charge in [-0.2, -0.15) is 0 Å². The molecule has 0 saturated carbocycles. The van der Waals surface area contributed by atoms with Crippen LogP contribution in [0.25, 0.3) is 0 Å². The zero-order chi connectivity index (χ0) is 12.0. The molecule has 0 aromatic rings. The standard InChI is InChI=1S/C11H22N2O3/c1-3-5-12-10(11(14)15)7-13(2)9-4-6-16-8-9/h9-10,12H,3-8H2,1-2H3,(H,14,15). The van der Waals surface area contributed by atoms with Crippen molar-refractivity contribution in [3.05, 3.63) is 0 Å². The zero-order valence-corrected chi connectivity index (χ0v) is 10.1. The molecule has 1 heterocycles. The Morgan fingerprint density at radius 2 is 2.44 bits per heavy atom. The van der Waals surface area contributed by atoms with Gasteiger partial charge in [0.2, 0.25) is 0 Å². The second-order valence-corrected chi connectivity index (χ2v) is 4.30. The van der Waals surface area contributed by atoms with Crippen LogP contribution < -0.4 is 5.32 Å². The van der Waals surface area contributed by atoms with Gasteiger partial charge >= 0.3 is 5.97 Å². The molecule has 2 atom stereocenters. The van der Waals surface area contributed by atoms with Crippen LogP contribution in [0.4, 0.5) is 0 Å². The van der Waals surface area contributed by atoms with E-state index >= 15 is 0 Å². The number of nitrogens with one attached hydrogen (secondary N) is 1. The number of aliphatic carboxylic acids is 1. The van der Waals surface area contributed by atoms with E-state index in [1.165, 1.54) is 0 Å². The minimum absolute atomic E-state index is 0.366. The first-order chi connectivity index (χ1) is 7.65. The molecule has 0 bridgehead atoms. The van der Waals surface area contributed by atoms with Crippen molar-refractivity contribution in [2.24, 2.45) is 0 Å². The molecule has 0 amide bonds. The first-order valence-corrected chi connectivity index (χ1v) is 5.89. The molecule has 5 heteroatoms. The topological polar surface area (TPSA) is 61.8 Å². The van der Waals surface area contributed by atoms with E-state index in [2.05, 4.69) is 10.2 Å². The summed E-state index contributed by atoms with van der Waals surface area (Å²) in [5.41, 5.74) is 0. The highest BCUT2D eigenvalue weighted by molar-refractivity contribution is 5.73. The minimum Gasteiger partial charge on any atom is -0.480 e. The number of nitrogens with zero attached hydrogens (tertiary/aromatic N) is 1. The lowest BCUT2D eigenvalue weighted by atomic mass is 10.2. The number of ether oxygens (including phenoxy) is 1. The van der Waals surface area contributed by atoms with Crippen molar-refractivity contribution in [2.45, 2.75) is 31.8 Å². The second-order valence-electron chi connectivity index (χ2n) is 4.30. The lowest BCUT2D eigenvalue weighted by Crippen LogP contribution is -2.48. The van der Waals surface area contributed by atoms with E-state index < -0.39 is 12.0 Å². The molecule has 0 aromatic carbocycles. The van der Waals surface area contributed by atoms with Crippen LogP contribution in [0.15, 0.2) is 0 Å². The molecule has 1 fully saturated rings. The number of carboxylic acid groups (broad SMARTS) is 1. The molecule has 16 heavy (non-hydrogen) atoms. The molecule has 0 aromatic heterocycles. The lowest BCUT2D eigenvalue weighted by molar-refractivity contribution is -0.140. The van der Waals surface area contributed by atoms with Crippen molar-refractivity contribution in [2.75, 3.05) is 33.4 Å². The van der Waals surface area contributed by atoms with Crippen LogP contribution >= 0.6 is 0 Å². The molecule has 1 saturated heterocycles. The van der Waals surface area contributed by atoms with Crippen LogP contribution in [0, 0.1) is 0 Å². The summed E-state index contributed by atoms with van der Waals surface area (Å²) in [5, 5.41) is 12.1. The van der Waals surface area contributed by atoms with E-state index in [1.807, 2.05) is 14.0 Å². The molecular formula is C11H22N2O3. The Bertz CT molecular complexity index is 217. The van der Waals surface area contributed by atoms with Crippen molar-refractivity contribution in [1.82, 2.24) is 10.2 Å². The molecule has 0 aliphatic carbocycles. The summed E-state index contributed by atoms with van der Waals surface area (Å²) < 4.78 is 5.29. The van der Waals surface area contributed by atoms with Crippen LogP contribution in [0.5, 0.6) is 0 Å². The fourth-order valence-corrected chi connectivity index (χ4v) is 1.86. The van der Waals surface area contributed by atoms with Gasteiger partial charge in [-0.25, -0.2) is 0 Å². The SMILES string of the molecule is CCCNC(CN(C)C1CCOC1)C(=O)O. The van der Waals surface area contributed by atoms with Crippen LogP contribution in [0.2, 0.25) is 0 Å². The lowest BCUT2D eigenvalue weighted by Gasteiger charge is -2.26. The average molecular weight is 230 g/mol. The van der Waals surface area contributed by atoms with Gasteiger partial charge in [0.25, 0.3) is 0 Å². The summed E-state index contributed by atoms with van der Waals surface area (Å²) in [5.74, 6) is -0.779. The second kappa shape index (κ2) is 6.83. The highest BCUT2D eigenvalue weighted by Gasteiger charge is 2.25. The number of likely N-dealkylation sites (N-methyl/N-ethyl adjacent to an activating group) is 1. The molecule has 1 aliphatic heterocycles. The largest absolute Gasteiger partial charge is 0.480 e. The van der Waals surface area contributed by atoms with E-state index in [1.54, 1.807) is 0 Å². The van der Waals surface area contributed by atoms with E-state index in [0.29, 0.717) is 12.6 Å². The normalized spacial score (nSPS) is 22.6. The van der Waals surface area contributed by atoms with E-state index in [4.69, 9.17) is 9.84 Å². The monoisotopic (exact) mass is 230 g/mol. The van der Waals surface area contributed by atoms with Crippen LogP contribution in [0.1, 0.15) is 19.8 Å². The Labute approximate surface area is 96.8 Å². The molecule has 0 radical (unpaired) electrons. The fraction of sp³-hybridized carbons (Fsp3) is 0.909. The number of rotatable bonds is 7. The summed E-state index contributed by atoms with van der Waals surface area (Å²) >= 11 is 0. The smallest absolute Gasteiger partial charge is 0.322 e. The summed E-state index contributed by atoms with van der Waals surface area (Å²) in [6, 6.07) is -0.115. The number of carboxylic acids is 1. The van der Waals surface area contributed by atoms with Crippen molar-refractivity contribution < 1.29 is 14.6 Å². The van der Waals surface area contributed by atoms with Gasteiger partial charge in [0.15, 0.2) is 0 Å². The highest BCUT2D eigenvalue weighted by Crippen LogP contribution is 2.10. The molecule has 2 N–H and O–H groups in total. The summed E-state index contributed by atoms with van der Waals surface area (Å²) in [6.07, 6.45) is 1.94. The van der Waals surface area contributed by atoms with Gasteiger partial charge < -0.3 is 15.2 Å². The minimum atomic E-state index is -0.779. The summed E-state index contributed by atoms with van der Waals surface area (Å²) in [4.78, 5) is 13.1.